The van der Waals surface area contributed by atoms with Crippen molar-refractivity contribution >= 4 is 18.7 Å². The van der Waals surface area contributed by atoms with Crippen molar-refractivity contribution in [2.45, 2.75) is 32.1 Å². The van der Waals surface area contributed by atoms with Gasteiger partial charge in [-0.15, -0.1) is 0 Å². The zero-order valence-electron chi connectivity index (χ0n) is 12.9. The maximum atomic E-state index is 6.60. The van der Waals surface area contributed by atoms with Gasteiger partial charge in [-0.25, -0.2) is 0 Å². The van der Waals surface area contributed by atoms with Gasteiger partial charge in [-0.05, 0) is 15.4 Å². The van der Waals surface area contributed by atoms with E-state index >= 15 is 0 Å². The first-order chi connectivity index (χ1) is 10.0. The van der Waals surface area contributed by atoms with Crippen molar-refractivity contribution in [2.75, 3.05) is 6.61 Å². The number of epoxide rings is 1. The van der Waals surface area contributed by atoms with E-state index in [1.807, 2.05) is 0 Å². The highest BCUT2D eigenvalue weighted by Gasteiger charge is 2.53. The normalized spacial score (nSPS) is 18.5. The Bertz CT molecular complexity index is 546. The summed E-state index contributed by atoms with van der Waals surface area (Å²) in [4.78, 5) is 0. The summed E-state index contributed by atoms with van der Waals surface area (Å²) in [5, 5.41) is 2.64. The predicted molar refractivity (Wildman–Crippen MR) is 88.4 cm³/mol. The maximum Gasteiger partial charge on any atom is 0.264 e. The highest BCUT2D eigenvalue weighted by Crippen LogP contribution is 2.38. The molecule has 0 radical (unpaired) electrons. The minimum Gasteiger partial charge on any atom is -0.381 e. The van der Waals surface area contributed by atoms with E-state index in [9.17, 15) is 0 Å². The lowest BCUT2D eigenvalue weighted by Crippen LogP contribution is -2.67. The molecule has 0 saturated carbocycles. The minimum atomic E-state index is -2.37. The van der Waals surface area contributed by atoms with Crippen LogP contribution in [0, 0.1) is 0 Å². The first-order valence-corrected chi connectivity index (χ1v) is 9.35. The van der Waals surface area contributed by atoms with Crippen molar-refractivity contribution in [3.05, 3.63) is 60.7 Å². The molecule has 3 rings (SSSR count). The lowest BCUT2D eigenvalue weighted by Gasteiger charge is -2.42. The van der Waals surface area contributed by atoms with Crippen LogP contribution in [0.1, 0.15) is 20.8 Å². The summed E-state index contributed by atoms with van der Waals surface area (Å²) in [5.41, 5.74) is 0. The Labute approximate surface area is 127 Å². The van der Waals surface area contributed by atoms with Crippen molar-refractivity contribution in [3.8, 4) is 0 Å². The van der Waals surface area contributed by atoms with Crippen molar-refractivity contribution in [1.29, 1.82) is 0 Å². The van der Waals surface area contributed by atoms with Crippen molar-refractivity contribution in [3.63, 3.8) is 0 Å². The average Bonchev–Trinajstić information content (AvgIpc) is 3.29. The quantitative estimate of drug-likeness (QED) is 0.639. The summed E-state index contributed by atoms with van der Waals surface area (Å²) in [6, 6.07) is 21.3. The Hall–Kier alpha value is -1.42. The third-order valence-corrected chi connectivity index (χ3v) is 9.05. The van der Waals surface area contributed by atoms with E-state index in [4.69, 9.17) is 9.16 Å². The van der Waals surface area contributed by atoms with Gasteiger partial charge in [0, 0.05) is 0 Å². The van der Waals surface area contributed by atoms with E-state index < -0.39 is 8.32 Å². The van der Waals surface area contributed by atoms with E-state index in [1.54, 1.807) is 0 Å². The number of rotatable bonds is 4. The number of hydrogen-bond donors (Lipinski definition) is 0. The number of hydrogen-bond acceptors (Lipinski definition) is 2. The maximum absolute atomic E-state index is 6.60. The molecule has 1 aliphatic heterocycles. The standard InChI is InChI=1S/C18H22O2Si/c1-18(2,3)21(20-17-14-19-17,15-10-6-4-7-11-15)16-12-8-5-9-13-16/h4-13,17H,14H2,1-3H3/t17-/m1/s1. The lowest BCUT2D eigenvalue weighted by atomic mass is 10.2. The third kappa shape index (κ3) is 2.69. The Morgan fingerprint density at radius 3 is 1.67 bits per heavy atom. The fraction of sp³-hybridized carbons (Fsp3) is 0.333. The molecule has 0 amide bonds. The molecule has 110 valence electrons. The molecule has 0 spiro atoms. The van der Waals surface area contributed by atoms with E-state index in [2.05, 4.69) is 81.4 Å². The monoisotopic (exact) mass is 298 g/mol. The van der Waals surface area contributed by atoms with Gasteiger partial charge < -0.3 is 9.16 Å². The topological polar surface area (TPSA) is 21.8 Å². The summed E-state index contributed by atoms with van der Waals surface area (Å²) >= 11 is 0. The molecule has 0 aliphatic carbocycles. The van der Waals surface area contributed by atoms with E-state index in [0.717, 1.165) is 0 Å². The predicted octanol–water partition coefficient (Wildman–Crippen LogP) is 2.92. The van der Waals surface area contributed by atoms with Crippen molar-refractivity contribution < 1.29 is 9.16 Å². The van der Waals surface area contributed by atoms with Crippen LogP contribution in [0.15, 0.2) is 60.7 Å². The smallest absolute Gasteiger partial charge is 0.264 e. The molecular weight excluding hydrogens is 276 g/mol. The number of ether oxygens (including phenoxy) is 1. The molecule has 0 unspecified atom stereocenters. The van der Waals surface area contributed by atoms with Gasteiger partial charge in [0.2, 0.25) is 0 Å². The van der Waals surface area contributed by atoms with Gasteiger partial charge in [-0.1, -0.05) is 81.4 Å². The zero-order chi connectivity index (χ0) is 14.9. The Morgan fingerprint density at radius 1 is 0.905 bits per heavy atom. The molecule has 1 saturated heterocycles. The molecule has 1 atom stereocenters. The van der Waals surface area contributed by atoms with Gasteiger partial charge in [-0.3, -0.25) is 0 Å². The SMILES string of the molecule is CC(C)(C)[Si](O[C@@H]1CO1)(c1ccccc1)c1ccccc1. The lowest BCUT2D eigenvalue weighted by molar-refractivity contribution is 0.167. The molecule has 2 aromatic rings. The number of benzene rings is 2. The Morgan fingerprint density at radius 2 is 1.33 bits per heavy atom. The first-order valence-electron chi connectivity index (χ1n) is 7.44. The van der Waals surface area contributed by atoms with Gasteiger partial charge in [0.15, 0.2) is 6.29 Å². The summed E-state index contributed by atoms with van der Waals surface area (Å²) in [6.45, 7) is 7.55. The highest BCUT2D eigenvalue weighted by molar-refractivity contribution is 6.99. The molecule has 0 N–H and O–H groups in total. The third-order valence-electron chi connectivity index (χ3n) is 4.03. The van der Waals surface area contributed by atoms with Gasteiger partial charge in [0.05, 0.1) is 6.61 Å². The fourth-order valence-electron chi connectivity index (χ4n) is 3.00. The molecule has 2 aromatic carbocycles. The average molecular weight is 298 g/mol. The van der Waals surface area contributed by atoms with Crippen LogP contribution in [0.2, 0.25) is 5.04 Å². The minimum absolute atomic E-state index is 0.0294. The van der Waals surface area contributed by atoms with E-state index in [1.165, 1.54) is 10.4 Å². The zero-order valence-corrected chi connectivity index (χ0v) is 13.9. The van der Waals surface area contributed by atoms with Crippen LogP contribution in [0.25, 0.3) is 0 Å². The second-order valence-corrected chi connectivity index (χ2v) is 10.8. The van der Waals surface area contributed by atoms with E-state index in [0.29, 0.717) is 6.61 Å². The molecule has 0 bridgehead atoms. The van der Waals surface area contributed by atoms with Gasteiger partial charge in [0.25, 0.3) is 8.32 Å². The molecule has 3 heteroatoms. The van der Waals surface area contributed by atoms with Gasteiger partial charge in [0.1, 0.15) is 0 Å². The fourth-order valence-corrected chi connectivity index (χ4v) is 7.54. The molecule has 1 fully saturated rings. The van der Waals surface area contributed by atoms with E-state index in [-0.39, 0.29) is 11.3 Å². The van der Waals surface area contributed by atoms with Crippen LogP contribution in [-0.4, -0.2) is 21.2 Å². The molecule has 21 heavy (non-hydrogen) atoms. The van der Waals surface area contributed by atoms with Gasteiger partial charge in [-0.2, -0.15) is 0 Å². The van der Waals surface area contributed by atoms with Gasteiger partial charge >= 0.3 is 0 Å². The molecule has 1 aliphatic rings. The summed E-state index contributed by atoms with van der Waals surface area (Å²) < 4.78 is 12.0. The molecule has 1 heterocycles. The molecule has 2 nitrogen and oxygen atoms in total. The van der Waals surface area contributed by atoms with Crippen LogP contribution >= 0.6 is 0 Å². The van der Waals surface area contributed by atoms with Crippen molar-refractivity contribution in [1.82, 2.24) is 0 Å². The largest absolute Gasteiger partial charge is 0.381 e. The highest BCUT2D eigenvalue weighted by atomic mass is 28.4. The van der Waals surface area contributed by atoms with Crippen LogP contribution < -0.4 is 10.4 Å². The van der Waals surface area contributed by atoms with Crippen molar-refractivity contribution in [2.24, 2.45) is 0 Å². The molecular formula is C18H22O2Si. The molecule has 0 aromatic heterocycles. The second-order valence-electron chi connectivity index (χ2n) is 6.54. The second kappa shape index (κ2) is 5.41. The van der Waals surface area contributed by atoms with Crippen LogP contribution in [-0.2, 0) is 9.16 Å². The van der Waals surface area contributed by atoms with Crippen LogP contribution in [0.3, 0.4) is 0 Å². The Balaban J connectivity index is 2.20. The summed E-state index contributed by atoms with van der Waals surface area (Å²) in [6.07, 6.45) is -0.0451. The van der Waals surface area contributed by atoms with Crippen LogP contribution in [0.4, 0.5) is 0 Å². The van der Waals surface area contributed by atoms with Crippen LogP contribution in [0.5, 0.6) is 0 Å². The first kappa shape index (κ1) is 14.5. The summed E-state index contributed by atoms with van der Waals surface area (Å²) in [5.74, 6) is 0. The summed E-state index contributed by atoms with van der Waals surface area (Å²) in [7, 11) is -2.37. The Kier molecular flexibility index (Phi) is 3.74.